The van der Waals surface area contributed by atoms with Crippen LogP contribution in [0.5, 0.6) is 0 Å². The Labute approximate surface area is 116 Å². The highest BCUT2D eigenvalue weighted by Gasteiger charge is 2.67. The second-order valence-electron chi connectivity index (χ2n) is 6.09. The fraction of sp³-hybridized carbons (Fsp3) is 0.714. The summed E-state index contributed by atoms with van der Waals surface area (Å²) in [5.41, 5.74) is -0.719. The van der Waals surface area contributed by atoms with E-state index < -0.39 is 29.5 Å². The van der Waals surface area contributed by atoms with E-state index in [-0.39, 0.29) is 12.0 Å². The molecule has 108 valence electrons. The second-order valence-corrected chi connectivity index (χ2v) is 6.09. The molecule has 1 N–H and O–H groups in total. The summed E-state index contributed by atoms with van der Waals surface area (Å²) >= 11 is 0. The van der Waals surface area contributed by atoms with Crippen LogP contribution in [0.4, 0.5) is 0 Å². The van der Waals surface area contributed by atoms with Gasteiger partial charge in [0.1, 0.15) is 11.5 Å². The molecule has 0 aliphatic carbocycles. The molecule has 0 aromatic heterocycles. The van der Waals surface area contributed by atoms with Crippen LogP contribution in [0.2, 0.25) is 0 Å². The number of rotatable bonds is 3. The monoisotopic (exact) mass is 279 g/mol. The van der Waals surface area contributed by atoms with Gasteiger partial charge in [-0.3, -0.25) is 9.59 Å². The van der Waals surface area contributed by atoms with Gasteiger partial charge in [0, 0.05) is 13.2 Å². The van der Waals surface area contributed by atoms with Gasteiger partial charge in [-0.25, -0.2) is 0 Å². The highest BCUT2D eigenvalue weighted by Crippen LogP contribution is 2.51. The summed E-state index contributed by atoms with van der Waals surface area (Å²) in [7, 11) is 0. The number of amides is 1. The third-order valence-corrected chi connectivity index (χ3v) is 4.91. The maximum Gasteiger partial charge on any atom is 0.310 e. The van der Waals surface area contributed by atoms with Crippen LogP contribution in [0.15, 0.2) is 12.2 Å². The topological polar surface area (TPSA) is 76.1 Å². The molecule has 0 aromatic rings. The number of hydrogen-bond donors (Lipinski definition) is 1. The van der Waals surface area contributed by atoms with E-state index in [9.17, 15) is 14.7 Å². The minimum atomic E-state index is -0.946. The van der Waals surface area contributed by atoms with Gasteiger partial charge in [-0.2, -0.15) is 0 Å². The average molecular weight is 279 g/mol. The van der Waals surface area contributed by atoms with Crippen molar-refractivity contribution in [1.82, 2.24) is 4.90 Å². The van der Waals surface area contributed by atoms with Gasteiger partial charge in [-0.1, -0.05) is 12.2 Å². The Morgan fingerprint density at radius 2 is 2.40 bits per heavy atom. The molecule has 4 heterocycles. The number of carbonyl (C=O) groups excluding carboxylic acids is 1. The first-order valence-electron chi connectivity index (χ1n) is 7.11. The van der Waals surface area contributed by atoms with E-state index in [1.807, 2.05) is 6.08 Å². The minimum absolute atomic E-state index is 0.0821. The van der Waals surface area contributed by atoms with E-state index in [1.54, 1.807) is 11.0 Å². The normalized spacial score (nSPS) is 45.4. The van der Waals surface area contributed by atoms with Crippen molar-refractivity contribution in [2.75, 3.05) is 19.7 Å². The van der Waals surface area contributed by atoms with Crippen molar-refractivity contribution in [3.05, 3.63) is 12.2 Å². The molecule has 3 fully saturated rings. The van der Waals surface area contributed by atoms with E-state index in [0.29, 0.717) is 13.1 Å². The molecule has 0 saturated carbocycles. The molecule has 1 spiro atoms. The molecule has 3 saturated heterocycles. The lowest BCUT2D eigenvalue weighted by atomic mass is 9.77. The van der Waals surface area contributed by atoms with Crippen LogP contribution >= 0.6 is 0 Å². The zero-order valence-electron chi connectivity index (χ0n) is 11.0. The molecule has 20 heavy (non-hydrogen) atoms. The summed E-state index contributed by atoms with van der Waals surface area (Å²) in [5.74, 6) is -2.36. The summed E-state index contributed by atoms with van der Waals surface area (Å²) < 4.78 is 11.4. The van der Waals surface area contributed by atoms with Crippen molar-refractivity contribution in [3.8, 4) is 0 Å². The number of hydrogen-bond acceptors (Lipinski definition) is 4. The van der Waals surface area contributed by atoms with Gasteiger partial charge in [0.05, 0.1) is 24.7 Å². The maximum atomic E-state index is 12.6. The SMILES string of the molecule is O=C(O)C1C2C(=O)N(CC3CCCO3)C[C@@]23C=C[C@@H]1O3. The molecule has 0 radical (unpaired) electrons. The Bertz CT molecular complexity index is 498. The summed E-state index contributed by atoms with van der Waals surface area (Å²) in [6.07, 6.45) is 5.29. The van der Waals surface area contributed by atoms with Crippen LogP contribution in [0.3, 0.4) is 0 Å². The van der Waals surface area contributed by atoms with E-state index in [0.717, 1.165) is 19.4 Å². The van der Waals surface area contributed by atoms with Crippen molar-refractivity contribution in [2.24, 2.45) is 11.8 Å². The van der Waals surface area contributed by atoms with E-state index in [2.05, 4.69) is 0 Å². The largest absolute Gasteiger partial charge is 0.481 e. The molecule has 4 aliphatic rings. The van der Waals surface area contributed by atoms with Gasteiger partial charge in [-0.15, -0.1) is 0 Å². The van der Waals surface area contributed by atoms with Gasteiger partial charge in [0.25, 0.3) is 0 Å². The van der Waals surface area contributed by atoms with Gasteiger partial charge in [0.15, 0.2) is 0 Å². The zero-order chi connectivity index (χ0) is 13.9. The molecular formula is C14H17NO5. The predicted octanol–water partition coefficient (Wildman–Crippen LogP) is 0.0320. The molecule has 1 amide bonds. The lowest BCUT2D eigenvalue weighted by molar-refractivity contribution is -0.148. The van der Waals surface area contributed by atoms with Crippen LogP contribution in [0, 0.1) is 11.8 Å². The minimum Gasteiger partial charge on any atom is -0.481 e. The highest BCUT2D eigenvalue weighted by molar-refractivity contribution is 5.90. The Hall–Kier alpha value is -1.40. The number of likely N-dealkylation sites (tertiary alicyclic amines) is 1. The Balaban J connectivity index is 1.58. The first kappa shape index (κ1) is 12.3. The Kier molecular flexibility index (Phi) is 2.50. The van der Waals surface area contributed by atoms with E-state index >= 15 is 0 Å². The number of carboxylic acids is 1. The summed E-state index contributed by atoms with van der Waals surface area (Å²) in [6, 6.07) is 0. The average Bonchev–Trinajstić information content (AvgIpc) is 3.12. The number of fused-ring (bicyclic) bond motifs is 1. The van der Waals surface area contributed by atoms with Crippen molar-refractivity contribution >= 4 is 11.9 Å². The van der Waals surface area contributed by atoms with Crippen LogP contribution in [-0.4, -0.2) is 59.4 Å². The van der Waals surface area contributed by atoms with E-state index in [4.69, 9.17) is 9.47 Å². The van der Waals surface area contributed by atoms with Gasteiger partial charge < -0.3 is 19.5 Å². The molecule has 5 atom stereocenters. The molecular weight excluding hydrogens is 262 g/mol. The zero-order valence-corrected chi connectivity index (χ0v) is 11.0. The molecule has 4 rings (SSSR count). The quantitative estimate of drug-likeness (QED) is 0.738. The Morgan fingerprint density at radius 1 is 1.55 bits per heavy atom. The van der Waals surface area contributed by atoms with Crippen LogP contribution in [0.25, 0.3) is 0 Å². The second kappa shape index (κ2) is 4.05. The lowest BCUT2D eigenvalue weighted by Crippen LogP contribution is -2.39. The van der Waals surface area contributed by atoms with Crippen molar-refractivity contribution in [2.45, 2.75) is 30.7 Å². The molecule has 0 aromatic carbocycles. The van der Waals surface area contributed by atoms with Crippen LogP contribution in [-0.2, 0) is 19.1 Å². The molecule has 3 unspecified atom stereocenters. The van der Waals surface area contributed by atoms with Crippen LogP contribution in [0.1, 0.15) is 12.8 Å². The number of aliphatic carboxylic acids is 1. The van der Waals surface area contributed by atoms with Crippen molar-refractivity contribution < 1.29 is 24.2 Å². The Morgan fingerprint density at radius 3 is 3.10 bits per heavy atom. The third kappa shape index (κ3) is 1.52. The first-order chi connectivity index (χ1) is 9.61. The summed E-state index contributed by atoms with van der Waals surface area (Å²) in [6.45, 7) is 1.75. The molecule has 6 nitrogen and oxygen atoms in total. The molecule has 6 heteroatoms. The molecule has 2 bridgehead atoms. The predicted molar refractivity (Wildman–Crippen MR) is 66.9 cm³/mol. The maximum absolute atomic E-state index is 12.6. The standard InChI is InChI=1S/C14H17NO5/c16-12-11-10(13(17)18)9-3-4-14(11,20-9)7-15(12)6-8-2-1-5-19-8/h3-4,8-11H,1-2,5-7H2,(H,17,18)/t8?,9-,10?,11?,14-/m0/s1. The highest BCUT2D eigenvalue weighted by atomic mass is 16.5. The number of nitrogens with zero attached hydrogens (tertiary/aromatic N) is 1. The first-order valence-corrected chi connectivity index (χ1v) is 7.11. The fourth-order valence-corrected chi connectivity index (χ4v) is 4.05. The third-order valence-electron chi connectivity index (χ3n) is 4.91. The molecule has 4 aliphatic heterocycles. The fourth-order valence-electron chi connectivity index (χ4n) is 4.05. The lowest BCUT2D eigenvalue weighted by Gasteiger charge is -2.23. The number of ether oxygens (including phenoxy) is 2. The van der Waals surface area contributed by atoms with E-state index in [1.165, 1.54) is 0 Å². The van der Waals surface area contributed by atoms with Crippen LogP contribution < -0.4 is 0 Å². The number of carbonyl (C=O) groups is 2. The number of carboxylic acid groups (broad SMARTS) is 1. The van der Waals surface area contributed by atoms with Gasteiger partial charge >= 0.3 is 5.97 Å². The van der Waals surface area contributed by atoms with Gasteiger partial charge in [-0.05, 0) is 12.8 Å². The van der Waals surface area contributed by atoms with Crippen molar-refractivity contribution in [3.63, 3.8) is 0 Å². The summed E-state index contributed by atoms with van der Waals surface area (Å²) in [5, 5.41) is 9.36. The van der Waals surface area contributed by atoms with Gasteiger partial charge in [0.2, 0.25) is 5.91 Å². The van der Waals surface area contributed by atoms with Crippen molar-refractivity contribution in [1.29, 1.82) is 0 Å². The smallest absolute Gasteiger partial charge is 0.310 e. The summed E-state index contributed by atoms with van der Waals surface area (Å²) in [4.78, 5) is 25.7.